The second kappa shape index (κ2) is 6.85. The van der Waals surface area contributed by atoms with Crippen LogP contribution in [0.15, 0.2) is 11.8 Å². The van der Waals surface area contributed by atoms with E-state index < -0.39 is 5.92 Å². The zero-order chi connectivity index (χ0) is 19.2. The molecule has 0 N–H and O–H groups in total. The van der Waals surface area contributed by atoms with E-state index in [1.165, 1.54) is 11.9 Å². The van der Waals surface area contributed by atoms with Gasteiger partial charge < -0.3 is 4.90 Å². The minimum Gasteiger partial charge on any atom is -0.335 e. The van der Waals surface area contributed by atoms with Gasteiger partial charge in [0.25, 0.3) is 17.6 Å². The Kier molecular flexibility index (Phi) is 4.90. The summed E-state index contributed by atoms with van der Waals surface area (Å²) in [6, 6.07) is -0.357. The van der Waals surface area contributed by atoms with Gasteiger partial charge in [-0.05, 0) is 30.8 Å². The molecule has 3 atom stereocenters. The number of fused-ring (bicyclic) bond motifs is 1. The van der Waals surface area contributed by atoms with E-state index in [4.69, 9.17) is 0 Å². The number of amides is 4. The van der Waals surface area contributed by atoms with Crippen LogP contribution in [0.2, 0.25) is 0 Å². The summed E-state index contributed by atoms with van der Waals surface area (Å²) in [7, 11) is 3.16. The van der Waals surface area contributed by atoms with Gasteiger partial charge in [-0.1, -0.05) is 20.8 Å². The Balaban J connectivity index is 1.98. The molecule has 3 aliphatic rings. The van der Waals surface area contributed by atoms with Gasteiger partial charge >= 0.3 is 6.03 Å². The Morgan fingerprint density at radius 2 is 1.77 bits per heavy atom. The zero-order valence-corrected chi connectivity index (χ0v) is 16.4. The van der Waals surface area contributed by atoms with E-state index in [1.54, 1.807) is 13.1 Å². The Morgan fingerprint density at radius 3 is 2.35 bits per heavy atom. The molecule has 2 fully saturated rings. The third-order valence-electron chi connectivity index (χ3n) is 5.51. The molecule has 3 aliphatic heterocycles. The molecule has 0 saturated carbocycles. The molecule has 3 heterocycles. The highest BCUT2D eigenvalue weighted by atomic mass is 16.2. The topological polar surface area (TPSA) is 63.9 Å². The first-order chi connectivity index (χ1) is 12.3. The van der Waals surface area contributed by atoms with Gasteiger partial charge in [-0.2, -0.15) is 4.90 Å². The molecule has 26 heavy (non-hydrogen) atoms. The average molecular weight is 361 g/mol. The molecule has 3 unspecified atom stereocenters. The van der Waals surface area contributed by atoms with E-state index in [9.17, 15) is 14.4 Å². The minimum absolute atomic E-state index is 0.0324. The standard InChI is InChI=1S/C19H29N4O3/c1-6-7-23-15(18(25)22-10-12(2)8-13(3)11-22)9-14-16(23)20(4)19(26)21(5)17(14)24/h9,12-14H,6-8,10-11H2,1-5H3/q+1. The maximum atomic E-state index is 13.3. The number of amidine groups is 1. The number of carbonyl (C=O) groups is 3. The monoisotopic (exact) mass is 361 g/mol. The summed E-state index contributed by atoms with van der Waals surface area (Å²) in [5, 5.41) is 0. The number of rotatable bonds is 3. The predicted octanol–water partition coefficient (Wildman–Crippen LogP) is 1.35. The lowest BCUT2D eigenvalue weighted by molar-refractivity contribution is -0.474. The summed E-state index contributed by atoms with van der Waals surface area (Å²) < 4.78 is 1.87. The molecule has 2 saturated heterocycles. The lowest BCUT2D eigenvalue weighted by Gasteiger charge is -2.35. The van der Waals surface area contributed by atoms with Crippen molar-refractivity contribution < 1.29 is 19.0 Å². The van der Waals surface area contributed by atoms with Gasteiger partial charge in [0.05, 0.1) is 13.6 Å². The highest BCUT2D eigenvalue weighted by molar-refractivity contribution is 6.19. The van der Waals surface area contributed by atoms with Crippen molar-refractivity contribution >= 4 is 23.7 Å². The molecular formula is C19H29N4O3+. The van der Waals surface area contributed by atoms with Crippen molar-refractivity contribution in [1.29, 1.82) is 0 Å². The lowest BCUT2D eigenvalue weighted by atomic mass is 9.91. The smallest absolute Gasteiger partial charge is 0.335 e. The third-order valence-corrected chi connectivity index (χ3v) is 5.51. The van der Waals surface area contributed by atoms with E-state index in [1.807, 2.05) is 16.4 Å². The van der Waals surface area contributed by atoms with Gasteiger partial charge in [-0.3, -0.25) is 9.59 Å². The molecule has 0 aromatic heterocycles. The van der Waals surface area contributed by atoms with Crippen LogP contribution >= 0.6 is 0 Å². The summed E-state index contributed by atoms with van der Waals surface area (Å²) in [5.74, 6) is 0.684. The quantitative estimate of drug-likeness (QED) is 0.713. The van der Waals surface area contributed by atoms with Crippen LogP contribution in [0.4, 0.5) is 4.79 Å². The molecule has 7 heteroatoms. The normalized spacial score (nSPS) is 29.3. The maximum absolute atomic E-state index is 13.3. The van der Waals surface area contributed by atoms with Crippen LogP contribution in [0.25, 0.3) is 0 Å². The molecule has 4 amide bonds. The van der Waals surface area contributed by atoms with Crippen LogP contribution in [0.3, 0.4) is 0 Å². The number of carbonyl (C=O) groups excluding carboxylic acids is 3. The Labute approximate surface area is 154 Å². The molecule has 0 aromatic rings. The van der Waals surface area contributed by atoms with Crippen LogP contribution in [0, 0.1) is 17.8 Å². The first-order valence-corrected chi connectivity index (χ1v) is 9.46. The number of imide groups is 1. The first kappa shape index (κ1) is 18.6. The maximum Gasteiger partial charge on any atom is 0.417 e. The highest BCUT2D eigenvalue weighted by Gasteiger charge is 2.52. The van der Waals surface area contributed by atoms with Gasteiger partial charge in [0, 0.05) is 20.1 Å². The van der Waals surface area contributed by atoms with Crippen molar-refractivity contribution in [3.05, 3.63) is 11.8 Å². The number of urea groups is 1. The molecule has 0 spiro atoms. The number of likely N-dealkylation sites (tertiary alicyclic amines) is 1. The molecule has 3 rings (SSSR count). The lowest BCUT2D eigenvalue weighted by Crippen LogP contribution is -2.57. The molecule has 0 bridgehead atoms. The van der Waals surface area contributed by atoms with Gasteiger partial charge in [0.2, 0.25) is 0 Å². The molecule has 0 aliphatic carbocycles. The first-order valence-electron chi connectivity index (χ1n) is 9.46. The van der Waals surface area contributed by atoms with E-state index in [0.717, 1.165) is 30.8 Å². The van der Waals surface area contributed by atoms with Gasteiger partial charge in [-0.15, -0.1) is 0 Å². The van der Waals surface area contributed by atoms with Crippen molar-refractivity contribution in [3.63, 3.8) is 0 Å². The second-order valence-electron chi connectivity index (χ2n) is 7.93. The number of hydrogen-bond acceptors (Lipinski definition) is 3. The second-order valence-corrected chi connectivity index (χ2v) is 7.93. The summed E-state index contributed by atoms with van der Waals surface area (Å²) in [6.45, 7) is 8.45. The summed E-state index contributed by atoms with van der Waals surface area (Å²) in [5.41, 5.74) is 0.538. The fourth-order valence-electron chi connectivity index (χ4n) is 4.45. The molecule has 7 nitrogen and oxygen atoms in total. The number of piperidine rings is 1. The van der Waals surface area contributed by atoms with Crippen LogP contribution in [-0.2, 0) is 9.59 Å². The van der Waals surface area contributed by atoms with Crippen molar-refractivity contribution in [3.8, 4) is 0 Å². The fraction of sp³-hybridized carbons (Fsp3) is 0.684. The molecule has 0 aromatic carbocycles. The largest absolute Gasteiger partial charge is 0.417 e. The van der Waals surface area contributed by atoms with Crippen molar-refractivity contribution in [2.24, 2.45) is 17.8 Å². The molecule has 142 valence electrons. The minimum atomic E-state index is -0.562. The molecular weight excluding hydrogens is 332 g/mol. The zero-order valence-electron chi connectivity index (χ0n) is 16.4. The SMILES string of the molecule is CCC[N+]1=C2C(C=C1C(=O)N1CC(C)CC(C)C1)C(=O)N(C)C(=O)N2C. The van der Waals surface area contributed by atoms with Crippen LogP contribution < -0.4 is 0 Å². The van der Waals surface area contributed by atoms with Gasteiger partial charge in [-0.25, -0.2) is 14.3 Å². The van der Waals surface area contributed by atoms with E-state index in [0.29, 0.717) is 29.9 Å². The average Bonchev–Trinajstić information content (AvgIpc) is 2.96. The summed E-state index contributed by atoms with van der Waals surface area (Å²) in [4.78, 5) is 42.8. The Morgan fingerprint density at radius 1 is 1.15 bits per heavy atom. The number of hydrogen-bond donors (Lipinski definition) is 0. The fourth-order valence-corrected chi connectivity index (χ4v) is 4.45. The van der Waals surface area contributed by atoms with Crippen molar-refractivity contribution in [2.75, 3.05) is 33.7 Å². The predicted molar refractivity (Wildman–Crippen MR) is 97.5 cm³/mol. The third kappa shape index (κ3) is 2.93. The van der Waals surface area contributed by atoms with Crippen LogP contribution in [0.1, 0.15) is 33.6 Å². The van der Waals surface area contributed by atoms with Gasteiger partial charge in [0.15, 0.2) is 11.6 Å². The van der Waals surface area contributed by atoms with Gasteiger partial charge in [0.1, 0.15) is 0 Å². The van der Waals surface area contributed by atoms with E-state index >= 15 is 0 Å². The van der Waals surface area contributed by atoms with Crippen molar-refractivity contribution in [2.45, 2.75) is 33.6 Å². The number of nitrogens with zero attached hydrogens (tertiary/aromatic N) is 4. The van der Waals surface area contributed by atoms with Crippen LogP contribution in [0.5, 0.6) is 0 Å². The highest BCUT2D eigenvalue weighted by Crippen LogP contribution is 2.29. The summed E-state index contributed by atoms with van der Waals surface area (Å²) in [6.07, 6.45) is 3.70. The van der Waals surface area contributed by atoms with Crippen LogP contribution in [-0.4, -0.2) is 76.7 Å². The summed E-state index contributed by atoms with van der Waals surface area (Å²) >= 11 is 0. The Hall–Kier alpha value is -2.18. The van der Waals surface area contributed by atoms with E-state index in [2.05, 4.69) is 13.8 Å². The van der Waals surface area contributed by atoms with Crippen molar-refractivity contribution in [1.82, 2.24) is 14.7 Å². The Bertz CT molecular complexity index is 702. The molecule has 0 radical (unpaired) electrons. The van der Waals surface area contributed by atoms with E-state index in [-0.39, 0.29) is 17.8 Å².